The van der Waals surface area contributed by atoms with Crippen LogP contribution in [-0.4, -0.2) is 23.9 Å². The molecule has 0 bridgehead atoms. The highest BCUT2D eigenvalue weighted by Gasteiger charge is 2.15. The number of aryl methyl sites for hydroxylation is 1. The largest absolute Gasteiger partial charge is 0.491 e. The number of benzene rings is 1. The zero-order valence-electron chi connectivity index (χ0n) is 13.7. The number of pyridine rings is 1. The minimum atomic E-state index is -3.66. The number of nitrogens with zero attached hydrogens (tertiary/aromatic N) is 2. The van der Waals surface area contributed by atoms with E-state index in [9.17, 15) is 8.42 Å². The van der Waals surface area contributed by atoms with Crippen LogP contribution >= 0.6 is 0 Å². The van der Waals surface area contributed by atoms with Crippen molar-refractivity contribution in [3.05, 3.63) is 54.5 Å². The van der Waals surface area contributed by atoms with Crippen molar-refractivity contribution in [3.63, 3.8) is 0 Å². The fraction of sp³-hybridized carbons (Fsp3) is 0.235. The van der Waals surface area contributed by atoms with E-state index in [4.69, 9.17) is 4.74 Å². The van der Waals surface area contributed by atoms with E-state index in [1.54, 1.807) is 34.9 Å². The Bertz CT molecular complexity index is 960. The van der Waals surface area contributed by atoms with Crippen LogP contribution in [0.2, 0.25) is 0 Å². The van der Waals surface area contributed by atoms with Crippen molar-refractivity contribution in [1.82, 2.24) is 9.38 Å². The monoisotopic (exact) mass is 345 g/mol. The minimum absolute atomic E-state index is 0.0379. The molecule has 1 N–H and O–H groups in total. The molecule has 24 heavy (non-hydrogen) atoms. The lowest BCUT2D eigenvalue weighted by Gasteiger charge is -2.11. The van der Waals surface area contributed by atoms with Gasteiger partial charge in [-0.15, -0.1) is 0 Å². The molecule has 3 rings (SSSR count). The molecule has 0 aliphatic rings. The lowest BCUT2D eigenvalue weighted by Crippen LogP contribution is -2.13. The molecule has 0 atom stereocenters. The van der Waals surface area contributed by atoms with Crippen LogP contribution in [0.15, 0.2) is 53.7 Å². The molecule has 0 saturated carbocycles. The Morgan fingerprint density at radius 1 is 1.08 bits per heavy atom. The predicted octanol–water partition coefficient (Wildman–Crippen LogP) is 3.23. The summed E-state index contributed by atoms with van der Waals surface area (Å²) < 4.78 is 34.9. The van der Waals surface area contributed by atoms with Gasteiger partial charge in [0.25, 0.3) is 10.0 Å². The first-order chi connectivity index (χ1) is 11.3. The van der Waals surface area contributed by atoms with Crippen molar-refractivity contribution < 1.29 is 13.2 Å². The normalized spacial score (nSPS) is 11.8. The molecule has 2 heterocycles. The van der Waals surface area contributed by atoms with Crippen LogP contribution in [0.25, 0.3) is 5.65 Å². The standard InChI is InChI=1S/C17H19N3O3S/c1-12(2)23-15-5-7-16(8-6-15)24(21,22)19-14-4-9-17-18-13(3)10-20(17)11-14/h4-12,19H,1-3H3. The van der Waals surface area contributed by atoms with Crippen LogP contribution in [0.5, 0.6) is 5.75 Å². The van der Waals surface area contributed by atoms with Gasteiger partial charge in [0.1, 0.15) is 11.4 Å². The maximum Gasteiger partial charge on any atom is 0.261 e. The van der Waals surface area contributed by atoms with Crippen LogP contribution in [0, 0.1) is 6.92 Å². The second kappa shape index (κ2) is 6.16. The Labute approximate surface area is 141 Å². The Kier molecular flexibility index (Phi) is 4.19. The van der Waals surface area contributed by atoms with Gasteiger partial charge in [-0.05, 0) is 57.2 Å². The Morgan fingerprint density at radius 2 is 1.79 bits per heavy atom. The van der Waals surface area contributed by atoms with E-state index in [2.05, 4.69) is 9.71 Å². The fourth-order valence-electron chi connectivity index (χ4n) is 2.36. The van der Waals surface area contributed by atoms with Crippen molar-refractivity contribution in [1.29, 1.82) is 0 Å². The molecule has 0 saturated heterocycles. The molecule has 2 aromatic heterocycles. The third kappa shape index (κ3) is 3.51. The third-order valence-electron chi connectivity index (χ3n) is 3.33. The van der Waals surface area contributed by atoms with Gasteiger partial charge in [0.05, 0.1) is 22.4 Å². The van der Waals surface area contributed by atoms with Gasteiger partial charge >= 0.3 is 0 Å². The summed E-state index contributed by atoms with van der Waals surface area (Å²) in [7, 11) is -3.66. The molecular formula is C17H19N3O3S. The average molecular weight is 345 g/mol. The lowest BCUT2D eigenvalue weighted by atomic mass is 10.3. The molecule has 126 valence electrons. The molecule has 0 aliphatic heterocycles. The zero-order chi connectivity index (χ0) is 17.3. The SMILES string of the molecule is Cc1cn2cc(NS(=O)(=O)c3ccc(OC(C)C)cc3)ccc2n1. The van der Waals surface area contributed by atoms with Crippen molar-refractivity contribution in [2.75, 3.05) is 4.72 Å². The Morgan fingerprint density at radius 3 is 2.46 bits per heavy atom. The highest BCUT2D eigenvalue weighted by Crippen LogP contribution is 2.20. The van der Waals surface area contributed by atoms with Crippen molar-refractivity contribution in [2.45, 2.75) is 31.8 Å². The zero-order valence-corrected chi connectivity index (χ0v) is 14.5. The summed E-state index contributed by atoms with van der Waals surface area (Å²) in [6.07, 6.45) is 3.57. The van der Waals surface area contributed by atoms with E-state index in [1.165, 1.54) is 12.1 Å². The van der Waals surface area contributed by atoms with Crippen molar-refractivity contribution in [2.24, 2.45) is 0 Å². The molecule has 0 amide bonds. The summed E-state index contributed by atoms with van der Waals surface area (Å²) in [5.41, 5.74) is 2.11. The molecule has 0 spiro atoms. The summed E-state index contributed by atoms with van der Waals surface area (Å²) >= 11 is 0. The molecule has 0 aliphatic carbocycles. The van der Waals surface area contributed by atoms with E-state index < -0.39 is 10.0 Å². The smallest absolute Gasteiger partial charge is 0.261 e. The molecule has 3 aromatic rings. The molecule has 7 heteroatoms. The van der Waals surface area contributed by atoms with Crippen LogP contribution in [-0.2, 0) is 10.0 Å². The summed E-state index contributed by atoms with van der Waals surface area (Å²) in [5, 5.41) is 0. The highest BCUT2D eigenvalue weighted by atomic mass is 32.2. The summed E-state index contributed by atoms with van der Waals surface area (Å²) in [6, 6.07) is 9.81. The number of imidazole rings is 1. The van der Waals surface area contributed by atoms with E-state index in [1.807, 2.05) is 27.0 Å². The van der Waals surface area contributed by atoms with Crippen molar-refractivity contribution >= 4 is 21.4 Å². The van der Waals surface area contributed by atoms with Gasteiger partial charge in [-0.1, -0.05) is 0 Å². The molecule has 1 aromatic carbocycles. The van der Waals surface area contributed by atoms with Gasteiger partial charge < -0.3 is 9.14 Å². The van der Waals surface area contributed by atoms with Gasteiger partial charge in [-0.2, -0.15) is 0 Å². The van der Waals surface area contributed by atoms with E-state index in [0.29, 0.717) is 11.4 Å². The molecule has 0 unspecified atom stereocenters. The maximum atomic E-state index is 12.5. The van der Waals surface area contributed by atoms with E-state index in [0.717, 1.165) is 11.3 Å². The first-order valence-electron chi connectivity index (χ1n) is 7.58. The quantitative estimate of drug-likeness (QED) is 0.770. The van der Waals surface area contributed by atoms with Crippen LogP contribution in [0.3, 0.4) is 0 Å². The number of fused-ring (bicyclic) bond motifs is 1. The van der Waals surface area contributed by atoms with Crippen molar-refractivity contribution in [3.8, 4) is 5.75 Å². The molecular weight excluding hydrogens is 326 g/mol. The van der Waals surface area contributed by atoms with Gasteiger partial charge in [0.15, 0.2) is 0 Å². The van der Waals surface area contributed by atoms with Gasteiger partial charge in [-0.25, -0.2) is 13.4 Å². The maximum absolute atomic E-state index is 12.5. The van der Waals surface area contributed by atoms with E-state index >= 15 is 0 Å². The Balaban J connectivity index is 1.83. The lowest BCUT2D eigenvalue weighted by molar-refractivity contribution is 0.242. The first-order valence-corrected chi connectivity index (χ1v) is 9.07. The van der Waals surface area contributed by atoms with Gasteiger partial charge in [0.2, 0.25) is 0 Å². The Hall–Kier alpha value is -2.54. The minimum Gasteiger partial charge on any atom is -0.491 e. The molecule has 6 nitrogen and oxygen atoms in total. The number of rotatable bonds is 5. The summed E-state index contributed by atoms with van der Waals surface area (Å²) in [5.74, 6) is 0.638. The highest BCUT2D eigenvalue weighted by molar-refractivity contribution is 7.92. The van der Waals surface area contributed by atoms with Crippen LogP contribution < -0.4 is 9.46 Å². The number of aromatic nitrogens is 2. The fourth-order valence-corrected chi connectivity index (χ4v) is 3.41. The average Bonchev–Trinajstić information content (AvgIpc) is 2.86. The topological polar surface area (TPSA) is 72.7 Å². The van der Waals surface area contributed by atoms with Gasteiger partial charge in [0, 0.05) is 12.4 Å². The third-order valence-corrected chi connectivity index (χ3v) is 4.73. The number of ether oxygens (including phenoxy) is 1. The number of hydrogen-bond donors (Lipinski definition) is 1. The summed E-state index contributed by atoms with van der Waals surface area (Å²) in [4.78, 5) is 4.50. The van der Waals surface area contributed by atoms with E-state index in [-0.39, 0.29) is 11.0 Å². The number of anilines is 1. The summed E-state index contributed by atoms with van der Waals surface area (Å²) in [6.45, 7) is 5.72. The number of sulfonamides is 1. The molecule has 0 radical (unpaired) electrons. The predicted molar refractivity (Wildman–Crippen MR) is 92.9 cm³/mol. The van der Waals surface area contributed by atoms with Crippen LogP contribution in [0.1, 0.15) is 19.5 Å². The first kappa shape index (κ1) is 16.3. The second-order valence-electron chi connectivity index (χ2n) is 5.81. The number of hydrogen-bond acceptors (Lipinski definition) is 4. The van der Waals surface area contributed by atoms with Crippen LogP contribution in [0.4, 0.5) is 5.69 Å². The molecule has 0 fully saturated rings. The second-order valence-corrected chi connectivity index (χ2v) is 7.49. The number of nitrogens with one attached hydrogen (secondary N) is 1. The van der Waals surface area contributed by atoms with Gasteiger partial charge in [-0.3, -0.25) is 4.72 Å².